The average Bonchev–Trinajstić information content (AvgIpc) is 2.51. The van der Waals surface area contributed by atoms with Crippen LogP contribution < -0.4 is 10.1 Å². The van der Waals surface area contributed by atoms with Crippen molar-refractivity contribution in [1.29, 1.82) is 0 Å². The van der Waals surface area contributed by atoms with Gasteiger partial charge in [0.05, 0.1) is 6.04 Å². The van der Waals surface area contributed by atoms with E-state index in [1.165, 1.54) is 11.1 Å². The van der Waals surface area contributed by atoms with Gasteiger partial charge in [0.1, 0.15) is 5.75 Å². The second kappa shape index (κ2) is 7.32. The van der Waals surface area contributed by atoms with Crippen LogP contribution in [0.1, 0.15) is 42.1 Å². The van der Waals surface area contributed by atoms with E-state index in [9.17, 15) is 4.79 Å². The van der Waals surface area contributed by atoms with Crippen LogP contribution in [-0.4, -0.2) is 12.0 Å². The summed E-state index contributed by atoms with van der Waals surface area (Å²) in [6, 6.07) is 13.9. The van der Waals surface area contributed by atoms with Gasteiger partial charge < -0.3 is 10.1 Å². The molecule has 0 radical (unpaired) electrons. The zero-order chi connectivity index (χ0) is 17.0. The minimum atomic E-state index is -0.537. The summed E-state index contributed by atoms with van der Waals surface area (Å²) in [6.45, 7) is 9.90. The first-order chi connectivity index (χ1) is 10.9. The third kappa shape index (κ3) is 4.59. The normalized spacial score (nSPS) is 13.3. The summed E-state index contributed by atoms with van der Waals surface area (Å²) in [5.74, 6) is 0.594. The van der Waals surface area contributed by atoms with Crippen molar-refractivity contribution < 1.29 is 9.53 Å². The van der Waals surface area contributed by atoms with Gasteiger partial charge in [-0.3, -0.25) is 4.79 Å². The lowest BCUT2D eigenvalue weighted by Gasteiger charge is -2.20. The Kier molecular flexibility index (Phi) is 5.43. The number of rotatable bonds is 5. The molecular weight excluding hydrogens is 286 g/mol. The van der Waals surface area contributed by atoms with Gasteiger partial charge in [0.15, 0.2) is 6.10 Å². The number of hydrogen-bond donors (Lipinski definition) is 1. The third-order valence-corrected chi connectivity index (χ3v) is 3.96. The summed E-state index contributed by atoms with van der Waals surface area (Å²) in [7, 11) is 0. The molecule has 1 N–H and O–H groups in total. The molecule has 2 unspecified atom stereocenters. The molecule has 2 atom stereocenters. The molecule has 2 rings (SSSR count). The summed E-state index contributed by atoms with van der Waals surface area (Å²) in [4.78, 5) is 12.4. The highest BCUT2D eigenvalue weighted by molar-refractivity contribution is 5.81. The Balaban J connectivity index is 2.00. The van der Waals surface area contributed by atoms with Crippen LogP contribution >= 0.6 is 0 Å². The van der Waals surface area contributed by atoms with Crippen LogP contribution in [-0.2, 0) is 4.79 Å². The topological polar surface area (TPSA) is 38.3 Å². The molecular formula is C20H25NO2. The van der Waals surface area contributed by atoms with Gasteiger partial charge in [-0.05, 0) is 57.9 Å². The fraction of sp³-hybridized carbons (Fsp3) is 0.350. The molecule has 0 aliphatic carbocycles. The predicted molar refractivity (Wildman–Crippen MR) is 93.7 cm³/mol. The zero-order valence-electron chi connectivity index (χ0n) is 14.5. The maximum atomic E-state index is 12.4. The summed E-state index contributed by atoms with van der Waals surface area (Å²) in [5, 5.41) is 3.03. The molecule has 1 amide bonds. The summed E-state index contributed by atoms with van der Waals surface area (Å²) in [5.41, 5.74) is 4.67. The summed E-state index contributed by atoms with van der Waals surface area (Å²) in [6.07, 6.45) is -0.537. The molecule has 122 valence electrons. The molecule has 0 saturated carbocycles. The maximum Gasteiger partial charge on any atom is 0.261 e. The minimum Gasteiger partial charge on any atom is -0.481 e. The molecule has 0 aliphatic rings. The molecule has 2 aromatic carbocycles. The van der Waals surface area contributed by atoms with Crippen molar-refractivity contribution in [3.8, 4) is 5.75 Å². The molecule has 0 aliphatic heterocycles. The number of hydrogen-bond acceptors (Lipinski definition) is 2. The van der Waals surface area contributed by atoms with E-state index in [2.05, 4.69) is 37.4 Å². The van der Waals surface area contributed by atoms with Crippen LogP contribution in [0.2, 0.25) is 0 Å². The highest BCUT2D eigenvalue weighted by Gasteiger charge is 2.18. The smallest absolute Gasteiger partial charge is 0.261 e. The van der Waals surface area contributed by atoms with Gasteiger partial charge in [0.25, 0.3) is 5.91 Å². The molecule has 0 spiro atoms. The fourth-order valence-corrected chi connectivity index (χ4v) is 2.51. The lowest BCUT2D eigenvalue weighted by Crippen LogP contribution is -2.38. The summed E-state index contributed by atoms with van der Waals surface area (Å²) < 4.78 is 5.71. The molecule has 0 fully saturated rings. The number of carbonyl (C=O) groups is 1. The van der Waals surface area contributed by atoms with E-state index in [0.29, 0.717) is 5.75 Å². The van der Waals surface area contributed by atoms with Crippen molar-refractivity contribution in [3.05, 3.63) is 64.7 Å². The fourth-order valence-electron chi connectivity index (χ4n) is 2.51. The first kappa shape index (κ1) is 17.1. The number of ether oxygens (including phenoxy) is 1. The first-order valence-corrected chi connectivity index (χ1v) is 7.97. The zero-order valence-corrected chi connectivity index (χ0v) is 14.5. The van der Waals surface area contributed by atoms with Gasteiger partial charge in [0, 0.05) is 0 Å². The van der Waals surface area contributed by atoms with Gasteiger partial charge >= 0.3 is 0 Å². The van der Waals surface area contributed by atoms with E-state index >= 15 is 0 Å². The predicted octanol–water partition coefficient (Wildman–Crippen LogP) is 4.26. The Morgan fingerprint density at radius 2 is 1.57 bits per heavy atom. The molecule has 3 nitrogen and oxygen atoms in total. The Labute approximate surface area is 138 Å². The monoisotopic (exact) mass is 311 g/mol. The lowest BCUT2D eigenvalue weighted by molar-refractivity contribution is -0.127. The van der Waals surface area contributed by atoms with Crippen LogP contribution in [0, 0.1) is 20.8 Å². The lowest BCUT2D eigenvalue weighted by atomic mass is 10.00. The van der Waals surface area contributed by atoms with E-state index in [1.54, 1.807) is 6.92 Å². The molecule has 0 saturated heterocycles. The number of benzene rings is 2. The van der Waals surface area contributed by atoms with Gasteiger partial charge in [-0.1, -0.05) is 41.5 Å². The van der Waals surface area contributed by atoms with Gasteiger partial charge in [-0.15, -0.1) is 0 Å². The maximum absolute atomic E-state index is 12.4. The van der Waals surface area contributed by atoms with E-state index in [0.717, 1.165) is 11.1 Å². The van der Waals surface area contributed by atoms with Crippen molar-refractivity contribution in [2.24, 2.45) is 0 Å². The van der Waals surface area contributed by atoms with Crippen LogP contribution in [0.15, 0.2) is 42.5 Å². The second-order valence-electron chi connectivity index (χ2n) is 6.16. The number of carbonyl (C=O) groups excluding carboxylic acids is 1. The van der Waals surface area contributed by atoms with Crippen LogP contribution in [0.4, 0.5) is 0 Å². The minimum absolute atomic E-state index is 0.0496. The van der Waals surface area contributed by atoms with Crippen molar-refractivity contribution in [2.45, 2.75) is 46.8 Å². The van der Waals surface area contributed by atoms with E-state index in [4.69, 9.17) is 4.74 Å². The highest BCUT2D eigenvalue weighted by atomic mass is 16.5. The summed E-state index contributed by atoms with van der Waals surface area (Å²) >= 11 is 0. The SMILES string of the molecule is Cc1ccc(OC(C)C(=O)NC(C)c2cc(C)ccc2C)cc1. The van der Waals surface area contributed by atoms with E-state index < -0.39 is 6.10 Å². The van der Waals surface area contributed by atoms with Crippen LogP contribution in [0.5, 0.6) is 5.75 Å². The molecule has 0 bridgehead atoms. The number of amides is 1. The molecule has 0 aromatic heterocycles. The number of aryl methyl sites for hydroxylation is 3. The van der Waals surface area contributed by atoms with Gasteiger partial charge in [0.2, 0.25) is 0 Å². The second-order valence-corrected chi connectivity index (χ2v) is 6.16. The quantitative estimate of drug-likeness (QED) is 0.896. The first-order valence-electron chi connectivity index (χ1n) is 7.97. The Hall–Kier alpha value is -2.29. The van der Waals surface area contributed by atoms with Crippen molar-refractivity contribution in [2.75, 3.05) is 0 Å². The average molecular weight is 311 g/mol. The molecule has 3 heteroatoms. The van der Waals surface area contributed by atoms with Crippen molar-refractivity contribution in [3.63, 3.8) is 0 Å². The molecule has 23 heavy (non-hydrogen) atoms. The van der Waals surface area contributed by atoms with Crippen molar-refractivity contribution in [1.82, 2.24) is 5.32 Å². The highest BCUT2D eigenvalue weighted by Crippen LogP contribution is 2.19. The molecule has 2 aromatic rings. The van der Waals surface area contributed by atoms with Gasteiger partial charge in [-0.2, -0.15) is 0 Å². The Morgan fingerprint density at radius 3 is 2.22 bits per heavy atom. The third-order valence-electron chi connectivity index (χ3n) is 3.96. The van der Waals surface area contributed by atoms with Gasteiger partial charge in [-0.25, -0.2) is 0 Å². The number of nitrogens with one attached hydrogen (secondary N) is 1. The standard InChI is InChI=1S/C20H25NO2/c1-13-7-10-18(11-8-13)23-17(5)20(22)21-16(4)19-12-14(2)6-9-15(19)3/h6-12,16-17H,1-5H3,(H,21,22). The van der Waals surface area contributed by atoms with E-state index in [-0.39, 0.29) is 11.9 Å². The Bertz CT molecular complexity index is 677. The van der Waals surface area contributed by atoms with E-state index in [1.807, 2.05) is 38.1 Å². The Morgan fingerprint density at radius 1 is 0.957 bits per heavy atom. The largest absolute Gasteiger partial charge is 0.481 e. The molecule has 0 heterocycles. The van der Waals surface area contributed by atoms with Crippen LogP contribution in [0.25, 0.3) is 0 Å². The van der Waals surface area contributed by atoms with Crippen molar-refractivity contribution >= 4 is 5.91 Å². The van der Waals surface area contributed by atoms with Crippen LogP contribution in [0.3, 0.4) is 0 Å².